The first-order valence-corrected chi connectivity index (χ1v) is 4.77. The molecule has 78 valence electrons. The quantitative estimate of drug-likeness (QED) is 0.672. The lowest BCUT2D eigenvalue weighted by molar-refractivity contribution is -0.00243. The van der Waals surface area contributed by atoms with Crippen LogP contribution in [0.25, 0.3) is 0 Å². The molecular weight excluding hydrogens is 194 g/mol. The van der Waals surface area contributed by atoms with Crippen LogP contribution < -0.4 is 0 Å². The van der Waals surface area contributed by atoms with Gasteiger partial charge in [0.2, 0.25) is 0 Å². The molecule has 1 aliphatic carbocycles. The van der Waals surface area contributed by atoms with Gasteiger partial charge >= 0.3 is 5.97 Å². The van der Waals surface area contributed by atoms with Gasteiger partial charge < -0.3 is 9.30 Å². The molecule has 0 spiro atoms. The smallest absolute Gasteiger partial charge is 0.356 e. The predicted octanol–water partition coefficient (Wildman–Crippen LogP) is 0.879. The summed E-state index contributed by atoms with van der Waals surface area (Å²) in [6, 6.07) is 2.14. The van der Waals surface area contributed by atoms with E-state index in [2.05, 4.69) is 11.1 Å². The number of nitrogens with zero attached hydrogens (tertiary/aromatic N) is 3. The predicted molar refractivity (Wildman–Crippen MR) is 50.7 cm³/mol. The molecule has 0 radical (unpaired) electrons. The molecule has 0 N–H and O–H groups in total. The molecule has 0 aromatic carbocycles. The van der Waals surface area contributed by atoms with Crippen molar-refractivity contribution in [2.75, 3.05) is 0 Å². The third-order valence-electron chi connectivity index (χ3n) is 2.58. The van der Waals surface area contributed by atoms with Crippen molar-refractivity contribution in [3.8, 4) is 6.07 Å². The number of imidazole rings is 1. The largest absolute Gasteiger partial charge is 0.458 e. The van der Waals surface area contributed by atoms with Crippen molar-refractivity contribution in [2.45, 2.75) is 18.9 Å². The Morgan fingerprint density at radius 3 is 3.00 bits per heavy atom. The molecule has 5 nitrogen and oxygen atoms in total. The van der Waals surface area contributed by atoms with Crippen molar-refractivity contribution in [1.29, 1.82) is 5.26 Å². The summed E-state index contributed by atoms with van der Waals surface area (Å²) in [5, 5.41) is 8.56. The molecule has 1 aromatic rings. The van der Waals surface area contributed by atoms with E-state index >= 15 is 0 Å². The number of hydrogen-bond acceptors (Lipinski definition) is 4. The van der Waals surface area contributed by atoms with E-state index in [1.165, 1.54) is 6.20 Å². The van der Waals surface area contributed by atoms with E-state index in [-0.39, 0.29) is 18.0 Å². The van der Waals surface area contributed by atoms with Gasteiger partial charge in [0.1, 0.15) is 11.8 Å². The van der Waals surface area contributed by atoms with Gasteiger partial charge in [-0.2, -0.15) is 5.26 Å². The molecule has 0 saturated heterocycles. The minimum Gasteiger partial charge on any atom is -0.458 e. The maximum Gasteiger partial charge on any atom is 0.356 e. The fraction of sp³-hybridized carbons (Fsp3) is 0.500. The highest BCUT2D eigenvalue weighted by atomic mass is 16.5. The third kappa shape index (κ3) is 1.84. The van der Waals surface area contributed by atoms with E-state index in [0.717, 1.165) is 0 Å². The molecule has 5 heteroatoms. The SMILES string of the molecule is Cn1cncc1C(=O)OC1CC(C#N)C1. The van der Waals surface area contributed by atoms with Gasteiger partial charge in [-0.15, -0.1) is 0 Å². The average molecular weight is 205 g/mol. The second kappa shape index (κ2) is 3.73. The van der Waals surface area contributed by atoms with Crippen LogP contribution in [-0.2, 0) is 11.8 Å². The summed E-state index contributed by atoms with van der Waals surface area (Å²) in [6.45, 7) is 0. The minimum atomic E-state index is -0.364. The first kappa shape index (κ1) is 9.71. The van der Waals surface area contributed by atoms with Gasteiger partial charge in [-0.05, 0) is 0 Å². The lowest BCUT2D eigenvalue weighted by Crippen LogP contribution is -2.32. The second-order valence-corrected chi connectivity index (χ2v) is 3.71. The van der Waals surface area contributed by atoms with Crippen molar-refractivity contribution in [3.63, 3.8) is 0 Å². The van der Waals surface area contributed by atoms with Crippen LogP contribution in [0.5, 0.6) is 0 Å². The van der Waals surface area contributed by atoms with Crippen LogP contribution in [0.1, 0.15) is 23.3 Å². The van der Waals surface area contributed by atoms with Crippen LogP contribution in [0.15, 0.2) is 12.5 Å². The van der Waals surface area contributed by atoms with Crippen LogP contribution in [0, 0.1) is 17.2 Å². The Bertz CT molecular complexity index is 413. The van der Waals surface area contributed by atoms with Gasteiger partial charge in [-0.25, -0.2) is 9.78 Å². The number of ether oxygens (including phenoxy) is 1. The van der Waals surface area contributed by atoms with Crippen LogP contribution in [0.3, 0.4) is 0 Å². The second-order valence-electron chi connectivity index (χ2n) is 3.71. The molecule has 1 saturated carbocycles. The number of carbonyl (C=O) groups excluding carboxylic acids is 1. The maximum absolute atomic E-state index is 11.6. The fourth-order valence-corrected chi connectivity index (χ4v) is 1.53. The molecule has 0 aliphatic heterocycles. The standard InChI is InChI=1S/C10H11N3O2/c1-13-6-12-5-9(13)10(14)15-8-2-7(3-8)4-11/h5-8H,2-3H2,1H3. The summed E-state index contributed by atoms with van der Waals surface area (Å²) in [4.78, 5) is 15.4. The van der Waals surface area contributed by atoms with Crippen molar-refractivity contribution >= 4 is 5.97 Å². The molecule has 1 heterocycles. The van der Waals surface area contributed by atoms with Gasteiger partial charge in [-0.1, -0.05) is 0 Å². The van der Waals surface area contributed by atoms with Crippen molar-refractivity contribution in [2.24, 2.45) is 13.0 Å². The molecule has 15 heavy (non-hydrogen) atoms. The van der Waals surface area contributed by atoms with Gasteiger partial charge in [0, 0.05) is 19.9 Å². The number of esters is 1. The number of aryl methyl sites for hydroxylation is 1. The Morgan fingerprint density at radius 1 is 1.73 bits per heavy atom. The van der Waals surface area contributed by atoms with Gasteiger partial charge in [0.15, 0.2) is 0 Å². The molecular formula is C10H11N3O2. The fourth-order valence-electron chi connectivity index (χ4n) is 1.53. The van der Waals surface area contributed by atoms with E-state index in [1.807, 2.05) is 0 Å². The number of rotatable bonds is 2. The maximum atomic E-state index is 11.6. The summed E-state index contributed by atoms with van der Waals surface area (Å²) < 4.78 is 6.81. The summed E-state index contributed by atoms with van der Waals surface area (Å²) in [5.74, 6) is -0.314. The first-order chi connectivity index (χ1) is 7.20. The Kier molecular flexibility index (Phi) is 2.42. The summed E-state index contributed by atoms with van der Waals surface area (Å²) in [5.41, 5.74) is 0.440. The molecule has 0 unspecified atom stereocenters. The van der Waals surface area contributed by atoms with Gasteiger partial charge in [-0.3, -0.25) is 0 Å². The number of nitriles is 1. The first-order valence-electron chi connectivity index (χ1n) is 4.77. The van der Waals surface area contributed by atoms with Crippen molar-refractivity contribution in [1.82, 2.24) is 9.55 Å². The van der Waals surface area contributed by atoms with E-state index < -0.39 is 0 Å². The summed E-state index contributed by atoms with van der Waals surface area (Å²) in [7, 11) is 1.74. The van der Waals surface area contributed by atoms with E-state index in [0.29, 0.717) is 18.5 Å². The number of aromatic nitrogens is 2. The monoisotopic (exact) mass is 205 g/mol. The minimum absolute atomic E-state index is 0.0503. The Morgan fingerprint density at radius 2 is 2.47 bits per heavy atom. The zero-order chi connectivity index (χ0) is 10.8. The topological polar surface area (TPSA) is 67.9 Å². The number of carbonyl (C=O) groups is 1. The molecule has 0 atom stereocenters. The summed E-state index contributed by atoms with van der Waals surface area (Å²) >= 11 is 0. The van der Waals surface area contributed by atoms with Crippen LogP contribution in [-0.4, -0.2) is 21.6 Å². The molecule has 1 aliphatic rings. The highest BCUT2D eigenvalue weighted by Gasteiger charge is 2.32. The van der Waals surface area contributed by atoms with Gasteiger partial charge in [0.25, 0.3) is 0 Å². The third-order valence-corrected chi connectivity index (χ3v) is 2.58. The highest BCUT2D eigenvalue weighted by molar-refractivity contribution is 5.87. The summed E-state index contributed by atoms with van der Waals surface area (Å²) in [6.07, 6.45) is 4.23. The normalized spacial score (nSPS) is 24.0. The van der Waals surface area contributed by atoms with Crippen LogP contribution in [0.4, 0.5) is 0 Å². The molecule has 0 amide bonds. The molecule has 1 fully saturated rings. The Balaban J connectivity index is 1.90. The number of hydrogen-bond donors (Lipinski definition) is 0. The zero-order valence-electron chi connectivity index (χ0n) is 8.38. The van der Waals surface area contributed by atoms with Crippen LogP contribution in [0.2, 0.25) is 0 Å². The van der Waals surface area contributed by atoms with Gasteiger partial charge in [0.05, 0.1) is 24.5 Å². The molecule has 2 rings (SSSR count). The lowest BCUT2D eigenvalue weighted by Gasteiger charge is -2.29. The zero-order valence-corrected chi connectivity index (χ0v) is 8.38. The van der Waals surface area contributed by atoms with Crippen LogP contribution >= 0.6 is 0 Å². The van der Waals surface area contributed by atoms with Crippen molar-refractivity contribution in [3.05, 3.63) is 18.2 Å². The van der Waals surface area contributed by atoms with Crippen molar-refractivity contribution < 1.29 is 9.53 Å². The lowest BCUT2D eigenvalue weighted by atomic mass is 9.83. The van der Waals surface area contributed by atoms with E-state index in [1.54, 1.807) is 17.9 Å². The van der Waals surface area contributed by atoms with E-state index in [4.69, 9.17) is 10.00 Å². The average Bonchev–Trinajstić information content (AvgIpc) is 2.56. The molecule has 0 bridgehead atoms. The van der Waals surface area contributed by atoms with E-state index in [9.17, 15) is 4.79 Å². The molecule has 1 aromatic heterocycles. The Labute approximate surface area is 87.3 Å². The Hall–Kier alpha value is -1.83. The highest BCUT2D eigenvalue weighted by Crippen LogP contribution is 2.29.